The standard InChI is InChI=1S/C38H52NO2P/c1-33(2)26-19-22-35(5,24-26)32(33)31-18-12-13-21-37(31)29-16-10-11-17-30(29)38(34(3,4)27-20-23-36(38,6)25-27)41-42(37,40)39-28-14-8-7-9-15-28/h10-13,16-18,21,26-28H,7-9,14-15,19-20,22-25H2,1-6H3,(H,39,40)/b32-31+/t26-,27-,35+,36+,37-,38-,42+/m1/s1. The zero-order valence-electron chi connectivity index (χ0n) is 26.9. The second-order valence-corrected chi connectivity index (χ2v) is 19.3. The predicted octanol–water partition coefficient (Wildman–Crippen LogP) is 10.3. The number of benzene rings is 1. The van der Waals surface area contributed by atoms with Crippen molar-refractivity contribution in [3.63, 3.8) is 0 Å². The number of hydrogen-bond donors (Lipinski definition) is 1. The van der Waals surface area contributed by atoms with Crippen LogP contribution in [0.3, 0.4) is 0 Å². The Kier molecular flexibility index (Phi) is 5.78. The van der Waals surface area contributed by atoms with Crippen molar-refractivity contribution in [3.05, 3.63) is 70.8 Å². The molecule has 0 radical (unpaired) electrons. The van der Waals surface area contributed by atoms with Gasteiger partial charge in [-0.15, -0.1) is 0 Å². The SMILES string of the molecule is CC1(C)/C(=C2/C=CC=C[C@@]23c2ccccc2[C@@]2(O[P@]3(=O)NC3CCCCC3)C(C)(C)[C@@H]3CC[C@@]2(C)C3)[C@@]2(C)CC[C@@H]1C2. The molecular weight excluding hydrogens is 533 g/mol. The van der Waals surface area contributed by atoms with Gasteiger partial charge in [-0.3, -0.25) is 4.57 Å². The molecule has 226 valence electrons. The Balaban J connectivity index is 1.46. The van der Waals surface area contributed by atoms with Crippen molar-refractivity contribution in [1.29, 1.82) is 0 Å². The molecule has 8 rings (SSSR count). The third-order valence-electron chi connectivity index (χ3n) is 14.3. The molecule has 1 aromatic carbocycles. The van der Waals surface area contributed by atoms with E-state index in [0.29, 0.717) is 11.8 Å². The molecule has 3 nitrogen and oxygen atoms in total. The van der Waals surface area contributed by atoms with Crippen molar-refractivity contribution in [2.75, 3.05) is 0 Å². The lowest BCUT2D eigenvalue weighted by molar-refractivity contribution is -0.135. The van der Waals surface area contributed by atoms with Crippen LogP contribution in [-0.2, 0) is 19.8 Å². The molecule has 1 aromatic rings. The first-order valence-corrected chi connectivity index (χ1v) is 18.8. The van der Waals surface area contributed by atoms with E-state index in [1.54, 1.807) is 5.57 Å². The van der Waals surface area contributed by atoms with Gasteiger partial charge in [-0.05, 0) is 90.7 Å². The molecule has 4 heteroatoms. The molecule has 0 aromatic heterocycles. The summed E-state index contributed by atoms with van der Waals surface area (Å²) in [5, 5.41) is 3.13. The molecule has 5 saturated carbocycles. The Labute approximate surface area is 254 Å². The van der Waals surface area contributed by atoms with E-state index in [4.69, 9.17) is 4.52 Å². The van der Waals surface area contributed by atoms with Crippen LogP contribution < -0.4 is 5.09 Å². The van der Waals surface area contributed by atoms with E-state index in [2.05, 4.69) is 95.2 Å². The molecule has 0 amide bonds. The fourth-order valence-electron chi connectivity index (χ4n) is 12.4. The smallest absolute Gasteiger partial charge is 0.289 e. The van der Waals surface area contributed by atoms with E-state index in [9.17, 15) is 0 Å². The van der Waals surface area contributed by atoms with E-state index < -0.39 is 18.3 Å². The van der Waals surface area contributed by atoms with Crippen LogP contribution in [0.4, 0.5) is 0 Å². The van der Waals surface area contributed by atoms with E-state index in [1.807, 2.05) is 0 Å². The van der Waals surface area contributed by atoms with Crippen molar-refractivity contribution in [2.45, 2.75) is 129 Å². The van der Waals surface area contributed by atoms with Gasteiger partial charge in [-0.2, -0.15) is 0 Å². The highest BCUT2D eigenvalue weighted by Gasteiger charge is 2.77. The fraction of sp³-hybridized carbons (Fsp3) is 0.684. The fourth-order valence-corrected chi connectivity index (χ4v) is 15.8. The van der Waals surface area contributed by atoms with Gasteiger partial charge in [0.25, 0.3) is 7.52 Å². The monoisotopic (exact) mass is 585 g/mol. The first-order chi connectivity index (χ1) is 19.8. The number of nitrogens with one attached hydrogen (secondary N) is 1. The maximum absolute atomic E-state index is 16.7. The van der Waals surface area contributed by atoms with Crippen molar-refractivity contribution in [1.82, 2.24) is 5.09 Å². The molecule has 6 aliphatic carbocycles. The Bertz CT molecular complexity index is 1460. The Hall–Kier alpha value is -1.41. The van der Waals surface area contributed by atoms with Crippen LogP contribution >= 0.6 is 7.52 Å². The topological polar surface area (TPSA) is 38.3 Å². The van der Waals surface area contributed by atoms with Gasteiger partial charge < -0.3 is 4.52 Å². The zero-order chi connectivity index (χ0) is 29.4. The van der Waals surface area contributed by atoms with Gasteiger partial charge in [0.2, 0.25) is 0 Å². The molecule has 1 aliphatic heterocycles. The van der Waals surface area contributed by atoms with E-state index in [-0.39, 0.29) is 27.7 Å². The predicted molar refractivity (Wildman–Crippen MR) is 172 cm³/mol. The van der Waals surface area contributed by atoms with E-state index in [0.717, 1.165) is 25.7 Å². The first kappa shape index (κ1) is 28.1. The van der Waals surface area contributed by atoms with Gasteiger partial charge in [0, 0.05) is 16.9 Å². The lowest BCUT2D eigenvalue weighted by Gasteiger charge is -2.62. The van der Waals surface area contributed by atoms with Crippen LogP contribution in [-0.4, -0.2) is 6.04 Å². The minimum Gasteiger partial charge on any atom is -0.304 e. The van der Waals surface area contributed by atoms with Crippen LogP contribution in [0.1, 0.15) is 123 Å². The summed E-state index contributed by atoms with van der Waals surface area (Å²) < 4.78 is 24.5. The van der Waals surface area contributed by atoms with Crippen LogP contribution in [0.15, 0.2) is 59.7 Å². The maximum Gasteiger partial charge on any atom is 0.289 e. The largest absolute Gasteiger partial charge is 0.304 e. The summed E-state index contributed by atoms with van der Waals surface area (Å²) in [4.78, 5) is 0. The number of hydrogen-bond acceptors (Lipinski definition) is 2. The molecule has 1 heterocycles. The van der Waals surface area contributed by atoms with Crippen LogP contribution in [0.2, 0.25) is 0 Å². The lowest BCUT2D eigenvalue weighted by Crippen LogP contribution is -2.59. The Morgan fingerprint density at radius 2 is 1.55 bits per heavy atom. The van der Waals surface area contributed by atoms with Gasteiger partial charge in [-0.1, -0.05) is 115 Å². The molecular formula is C38H52NO2P. The van der Waals surface area contributed by atoms with E-state index >= 15 is 4.57 Å². The summed E-state index contributed by atoms with van der Waals surface area (Å²) in [5.41, 5.74) is 4.86. The van der Waals surface area contributed by atoms with Crippen LogP contribution in [0.5, 0.6) is 0 Å². The lowest BCUT2D eigenvalue weighted by atomic mass is 9.56. The normalized spacial score (nSPS) is 48.0. The second kappa shape index (κ2) is 8.64. The highest BCUT2D eigenvalue weighted by atomic mass is 31.2. The highest BCUT2D eigenvalue weighted by Crippen LogP contribution is 2.84. The average Bonchev–Trinajstić information content (AvgIpc) is 3.64. The van der Waals surface area contributed by atoms with Crippen molar-refractivity contribution in [2.24, 2.45) is 33.5 Å². The molecule has 7 atom stereocenters. The zero-order valence-corrected chi connectivity index (χ0v) is 27.8. The molecule has 4 bridgehead atoms. The van der Waals surface area contributed by atoms with Gasteiger partial charge in [0.1, 0.15) is 10.8 Å². The van der Waals surface area contributed by atoms with Crippen LogP contribution in [0, 0.1) is 33.5 Å². The molecule has 1 N–H and O–H groups in total. The van der Waals surface area contributed by atoms with Crippen LogP contribution in [0.25, 0.3) is 0 Å². The molecule has 7 aliphatic rings. The van der Waals surface area contributed by atoms with Crippen molar-refractivity contribution < 1.29 is 9.09 Å². The third-order valence-corrected chi connectivity index (χ3v) is 17.1. The van der Waals surface area contributed by atoms with Crippen molar-refractivity contribution in [3.8, 4) is 0 Å². The van der Waals surface area contributed by atoms with Gasteiger partial charge >= 0.3 is 0 Å². The average molecular weight is 586 g/mol. The molecule has 0 unspecified atom stereocenters. The summed E-state index contributed by atoms with van der Waals surface area (Å²) in [7, 11) is -3.55. The maximum atomic E-state index is 16.7. The molecule has 5 fully saturated rings. The summed E-state index contributed by atoms with van der Waals surface area (Å²) in [6, 6.07) is 9.35. The van der Waals surface area contributed by atoms with Gasteiger partial charge in [0.15, 0.2) is 0 Å². The highest BCUT2D eigenvalue weighted by molar-refractivity contribution is 7.59. The summed E-state index contributed by atoms with van der Waals surface area (Å²) in [5.74, 6) is 1.26. The first-order valence-electron chi connectivity index (χ1n) is 17.2. The van der Waals surface area contributed by atoms with Gasteiger partial charge in [-0.25, -0.2) is 5.09 Å². The number of allylic oxidation sites excluding steroid dienone is 6. The molecule has 0 saturated heterocycles. The molecule has 2 spiro atoms. The minimum absolute atomic E-state index is 0.0397. The van der Waals surface area contributed by atoms with Crippen molar-refractivity contribution >= 4 is 7.52 Å². The minimum atomic E-state index is -3.55. The third kappa shape index (κ3) is 3.15. The Morgan fingerprint density at radius 3 is 2.21 bits per heavy atom. The van der Waals surface area contributed by atoms with E-state index in [1.165, 1.54) is 61.6 Å². The quantitative estimate of drug-likeness (QED) is 0.351. The Morgan fingerprint density at radius 1 is 0.833 bits per heavy atom. The number of fused-ring (bicyclic) bond motifs is 8. The second-order valence-electron chi connectivity index (χ2n) is 17.1. The summed E-state index contributed by atoms with van der Waals surface area (Å²) in [6.07, 6.45) is 22.2. The summed E-state index contributed by atoms with van der Waals surface area (Å²) >= 11 is 0. The number of rotatable bonds is 2. The van der Waals surface area contributed by atoms with Gasteiger partial charge in [0.05, 0.1) is 0 Å². The summed E-state index contributed by atoms with van der Waals surface area (Å²) in [6.45, 7) is 14.8. The molecule has 42 heavy (non-hydrogen) atoms.